The number of nitrogens with one attached hydrogen (secondary N) is 1. The van der Waals surface area contributed by atoms with E-state index in [2.05, 4.69) is 17.1 Å². The first-order chi connectivity index (χ1) is 13.1. The minimum atomic E-state index is -0.313. The van der Waals surface area contributed by atoms with Gasteiger partial charge in [0.2, 0.25) is 0 Å². The molecule has 0 bridgehead atoms. The summed E-state index contributed by atoms with van der Waals surface area (Å²) in [6.45, 7) is 5.34. The molecule has 1 aromatic carbocycles. The molecule has 1 atom stereocenters. The molecule has 0 spiro atoms. The van der Waals surface area contributed by atoms with Crippen molar-refractivity contribution >= 4 is 39.6 Å². The summed E-state index contributed by atoms with van der Waals surface area (Å²) in [6.07, 6.45) is 4.65. The third kappa shape index (κ3) is 4.68. The first-order valence-electron chi connectivity index (χ1n) is 9.58. The highest BCUT2D eigenvalue weighted by atomic mass is 32.1. The van der Waals surface area contributed by atoms with Crippen LogP contribution in [0.25, 0.3) is 10.4 Å². The van der Waals surface area contributed by atoms with Crippen LogP contribution in [0, 0.1) is 0 Å². The van der Waals surface area contributed by atoms with Crippen molar-refractivity contribution in [3.05, 3.63) is 42.0 Å². The van der Waals surface area contributed by atoms with Crippen molar-refractivity contribution in [2.75, 3.05) is 18.5 Å². The van der Waals surface area contributed by atoms with Gasteiger partial charge in [-0.05, 0) is 56.5 Å². The van der Waals surface area contributed by atoms with Crippen LogP contribution in [0.15, 0.2) is 36.4 Å². The van der Waals surface area contributed by atoms with Gasteiger partial charge < -0.3 is 15.0 Å². The van der Waals surface area contributed by atoms with Crippen LogP contribution in [0.3, 0.4) is 0 Å². The number of benzene rings is 1. The summed E-state index contributed by atoms with van der Waals surface area (Å²) in [4.78, 5) is 15.8. The standard InChI is InChI=1S/C21H26N2O2S2/c1-3-16-12-8-9-13-23(16)21(26)22-19-17(20(24)25-4-2)14-18(27-19)15-10-6-5-7-11-15/h5-7,10-11,14,16H,3-4,8-9,12-13H2,1-2H3,(H,22,26)/t16-/m1/s1. The summed E-state index contributed by atoms with van der Waals surface area (Å²) in [5, 5.41) is 4.81. The summed E-state index contributed by atoms with van der Waals surface area (Å²) in [7, 11) is 0. The number of anilines is 1. The predicted molar refractivity (Wildman–Crippen MR) is 117 cm³/mol. The number of rotatable bonds is 5. The lowest BCUT2D eigenvalue weighted by molar-refractivity contribution is 0.0528. The average molecular weight is 403 g/mol. The first-order valence-corrected chi connectivity index (χ1v) is 10.8. The number of ether oxygens (including phenoxy) is 1. The Hall–Kier alpha value is -1.92. The third-order valence-corrected chi connectivity index (χ3v) is 6.30. The van der Waals surface area contributed by atoms with Crippen LogP contribution in [0.2, 0.25) is 0 Å². The molecule has 1 fully saturated rings. The van der Waals surface area contributed by atoms with Gasteiger partial charge in [0, 0.05) is 17.5 Å². The normalized spacial score (nSPS) is 16.8. The fourth-order valence-electron chi connectivity index (χ4n) is 3.45. The second kappa shape index (κ2) is 9.33. The van der Waals surface area contributed by atoms with E-state index in [9.17, 15) is 4.79 Å². The van der Waals surface area contributed by atoms with E-state index in [1.54, 1.807) is 11.3 Å². The van der Waals surface area contributed by atoms with Crippen LogP contribution in [0.1, 0.15) is 49.9 Å². The molecule has 2 aromatic rings. The van der Waals surface area contributed by atoms with E-state index in [0.29, 0.717) is 23.3 Å². The lowest BCUT2D eigenvalue weighted by Gasteiger charge is -2.37. The highest BCUT2D eigenvalue weighted by molar-refractivity contribution is 7.80. The molecule has 144 valence electrons. The molecule has 6 heteroatoms. The van der Waals surface area contributed by atoms with Gasteiger partial charge in [0.05, 0.1) is 12.2 Å². The molecule has 1 saturated heterocycles. The second-order valence-corrected chi connectivity index (χ2v) is 8.06. The molecule has 0 unspecified atom stereocenters. The van der Waals surface area contributed by atoms with Gasteiger partial charge >= 0.3 is 5.97 Å². The number of thiophene rings is 1. The largest absolute Gasteiger partial charge is 0.462 e. The van der Waals surface area contributed by atoms with Crippen LogP contribution in [0.5, 0.6) is 0 Å². The molecule has 1 aliphatic heterocycles. The zero-order valence-electron chi connectivity index (χ0n) is 15.9. The van der Waals surface area contributed by atoms with Gasteiger partial charge in [-0.25, -0.2) is 4.79 Å². The Morgan fingerprint density at radius 2 is 2.07 bits per heavy atom. The summed E-state index contributed by atoms with van der Waals surface area (Å²) in [5.74, 6) is -0.313. The molecule has 27 heavy (non-hydrogen) atoms. The van der Waals surface area contributed by atoms with Gasteiger partial charge in [0.25, 0.3) is 0 Å². The molecular weight excluding hydrogens is 376 g/mol. The molecule has 0 aliphatic carbocycles. The molecule has 1 N–H and O–H groups in total. The minimum Gasteiger partial charge on any atom is -0.462 e. The molecule has 0 saturated carbocycles. The molecule has 0 radical (unpaired) electrons. The van der Waals surface area contributed by atoms with Crippen LogP contribution in [-0.4, -0.2) is 35.2 Å². The number of hydrogen-bond acceptors (Lipinski definition) is 4. The van der Waals surface area contributed by atoms with Crippen molar-refractivity contribution in [2.24, 2.45) is 0 Å². The van der Waals surface area contributed by atoms with Gasteiger partial charge in [0.15, 0.2) is 5.11 Å². The predicted octanol–water partition coefficient (Wildman–Crippen LogP) is 5.55. The Balaban J connectivity index is 1.87. The molecule has 0 amide bonds. The number of nitrogens with zero attached hydrogens (tertiary/aromatic N) is 1. The van der Waals surface area contributed by atoms with Gasteiger partial charge in [-0.1, -0.05) is 37.3 Å². The number of carbonyl (C=O) groups is 1. The Morgan fingerprint density at radius 3 is 2.78 bits per heavy atom. The van der Waals surface area contributed by atoms with Crippen molar-refractivity contribution in [1.82, 2.24) is 4.90 Å². The van der Waals surface area contributed by atoms with E-state index >= 15 is 0 Å². The Bertz CT molecular complexity index is 789. The van der Waals surface area contributed by atoms with Crippen molar-refractivity contribution in [3.63, 3.8) is 0 Å². The molecule has 1 aromatic heterocycles. The fraction of sp³-hybridized carbons (Fsp3) is 0.429. The summed E-state index contributed by atoms with van der Waals surface area (Å²) >= 11 is 7.25. The summed E-state index contributed by atoms with van der Waals surface area (Å²) < 4.78 is 5.26. The van der Waals surface area contributed by atoms with Crippen LogP contribution < -0.4 is 5.32 Å². The third-order valence-electron chi connectivity index (χ3n) is 4.87. The Morgan fingerprint density at radius 1 is 1.30 bits per heavy atom. The van der Waals surface area contributed by atoms with Gasteiger partial charge in [-0.2, -0.15) is 0 Å². The lowest BCUT2D eigenvalue weighted by Crippen LogP contribution is -2.45. The topological polar surface area (TPSA) is 41.6 Å². The highest BCUT2D eigenvalue weighted by Crippen LogP contribution is 2.36. The minimum absolute atomic E-state index is 0.313. The van der Waals surface area contributed by atoms with Crippen molar-refractivity contribution in [1.29, 1.82) is 0 Å². The van der Waals surface area contributed by atoms with Crippen molar-refractivity contribution in [2.45, 2.75) is 45.6 Å². The number of likely N-dealkylation sites (tertiary alicyclic amines) is 1. The lowest BCUT2D eigenvalue weighted by atomic mass is 10.0. The second-order valence-electron chi connectivity index (χ2n) is 6.62. The quantitative estimate of drug-likeness (QED) is 0.524. The number of carbonyl (C=O) groups excluding carboxylic acids is 1. The number of piperidine rings is 1. The van der Waals surface area contributed by atoms with Crippen LogP contribution >= 0.6 is 23.6 Å². The van der Waals surface area contributed by atoms with E-state index in [1.807, 2.05) is 43.3 Å². The maximum atomic E-state index is 12.5. The fourth-order valence-corrected chi connectivity index (χ4v) is 4.91. The van der Waals surface area contributed by atoms with Crippen molar-refractivity contribution < 1.29 is 9.53 Å². The SMILES string of the molecule is CCOC(=O)c1cc(-c2ccccc2)sc1NC(=S)N1CCCC[C@H]1CC. The first kappa shape index (κ1) is 19.8. The smallest absolute Gasteiger partial charge is 0.341 e. The van der Waals surface area contributed by atoms with Crippen LogP contribution in [0.4, 0.5) is 5.00 Å². The maximum Gasteiger partial charge on any atom is 0.341 e. The number of esters is 1. The maximum absolute atomic E-state index is 12.5. The van der Waals surface area contributed by atoms with E-state index in [-0.39, 0.29) is 5.97 Å². The summed E-state index contributed by atoms with van der Waals surface area (Å²) in [5.41, 5.74) is 1.63. The molecule has 3 rings (SSSR count). The summed E-state index contributed by atoms with van der Waals surface area (Å²) in [6, 6.07) is 12.4. The van der Waals surface area contributed by atoms with E-state index in [0.717, 1.165) is 34.8 Å². The molecule has 2 heterocycles. The molecular formula is C21H26N2O2S2. The van der Waals surface area contributed by atoms with E-state index in [1.165, 1.54) is 12.8 Å². The number of thiocarbonyl (C=S) groups is 1. The Kier molecular flexibility index (Phi) is 6.85. The van der Waals surface area contributed by atoms with Gasteiger partial charge in [0.1, 0.15) is 5.00 Å². The average Bonchev–Trinajstić information content (AvgIpc) is 3.12. The van der Waals surface area contributed by atoms with E-state index < -0.39 is 0 Å². The van der Waals surface area contributed by atoms with E-state index in [4.69, 9.17) is 17.0 Å². The zero-order valence-corrected chi connectivity index (χ0v) is 17.5. The number of hydrogen-bond donors (Lipinski definition) is 1. The van der Waals surface area contributed by atoms with Gasteiger partial charge in [-0.15, -0.1) is 11.3 Å². The van der Waals surface area contributed by atoms with Gasteiger partial charge in [-0.3, -0.25) is 0 Å². The van der Waals surface area contributed by atoms with Crippen LogP contribution in [-0.2, 0) is 4.74 Å². The van der Waals surface area contributed by atoms with Crippen molar-refractivity contribution in [3.8, 4) is 10.4 Å². The highest BCUT2D eigenvalue weighted by Gasteiger charge is 2.25. The Labute approximate surface area is 170 Å². The monoisotopic (exact) mass is 402 g/mol. The molecule has 4 nitrogen and oxygen atoms in total. The molecule has 1 aliphatic rings. The zero-order chi connectivity index (χ0) is 19.2.